The molecule has 1 atom stereocenters. The smallest absolute Gasteiger partial charge is 0.419 e. The van der Waals surface area contributed by atoms with E-state index in [1.807, 2.05) is 31.2 Å². The minimum Gasteiger partial charge on any atom is -0.467 e. The third kappa shape index (κ3) is 2.78. The largest absolute Gasteiger partial charge is 0.467 e. The number of hydrogen-bond donors (Lipinski definition) is 1. The lowest BCUT2D eigenvalue weighted by molar-refractivity contribution is -0.141. The Morgan fingerprint density at radius 3 is 2.71 bits per heavy atom. The van der Waals surface area contributed by atoms with Crippen LogP contribution >= 0.6 is 0 Å². The molecule has 0 aliphatic heterocycles. The summed E-state index contributed by atoms with van der Waals surface area (Å²) in [6.07, 6.45) is 0. The van der Waals surface area contributed by atoms with Crippen LogP contribution in [0.3, 0.4) is 0 Å². The summed E-state index contributed by atoms with van der Waals surface area (Å²) >= 11 is 0. The number of nitrogens with zero attached hydrogens (tertiary/aromatic N) is 1. The van der Waals surface area contributed by atoms with Crippen molar-refractivity contribution in [1.82, 2.24) is 4.57 Å². The summed E-state index contributed by atoms with van der Waals surface area (Å²) in [5, 5.41) is 3.16. The molecule has 0 fully saturated rings. The van der Waals surface area contributed by atoms with Crippen molar-refractivity contribution in [2.75, 3.05) is 12.4 Å². The van der Waals surface area contributed by atoms with Gasteiger partial charge in [-0.3, -0.25) is 4.57 Å². The molecule has 124 valence electrons. The lowest BCUT2D eigenvalue weighted by Gasteiger charge is -2.19. The fraction of sp³-hybridized carbons (Fsp3) is 0.222. The molecule has 2 aromatic carbocycles. The zero-order valence-corrected chi connectivity index (χ0v) is 13.7. The number of oxazole rings is 1. The van der Waals surface area contributed by atoms with Crippen molar-refractivity contribution in [2.24, 2.45) is 7.05 Å². The minimum absolute atomic E-state index is 0.390. The molecule has 3 aromatic rings. The number of carbonyl (C=O) groups excluding carboxylic acids is 1. The van der Waals surface area contributed by atoms with Crippen LogP contribution < -0.4 is 11.1 Å². The zero-order chi connectivity index (χ0) is 17.3. The number of nitrogens with one attached hydrogen (secondary N) is 1. The molecule has 0 aliphatic rings. The van der Waals surface area contributed by atoms with Crippen molar-refractivity contribution in [3.63, 3.8) is 0 Å². The van der Waals surface area contributed by atoms with Gasteiger partial charge in [-0.1, -0.05) is 24.3 Å². The Balaban J connectivity index is 2.00. The molecule has 3 rings (SSSR count). The first-order valence-corrected chi connectivity index (χ1v) is 7.50. The number of aromatic nitrogens is 1. The minimum atomic E-state index is -0.649. The van der Waals surface area contributed by atoms with Gasteiger partial charge in [0.2, 0.25) is 0 Å². The molecule has 0 bridgehead atoms. The van der Waals surface area contributed by atoms with Crippen molar-refractivity contribution in [3.05, 3.63) is 64.1 Å². The summed E-state index contributed by atoms with van der Waals surface area (Å²) in [6, 6.07) is 12.2. The van der Waals surface area contributed by atoms with Crippen LogP contribution in [0.1, 0.15) is 17.2 Å². The molecule has 0 saturated heterocycles. The van der Waals surface area contributed by atoms with Crippen LogP contribution in [0, 0.1) is 6.92 Å². The second-order valence-corrected chi connectivity index (χ2v) is 5.57. The van der Waals surface area contributed by atoms with Gasteiger partial charge in [-0.2, -0.15) is 0 Å². The molecule has 0 radical (unpaired) electrons. The number of rotatable bonds is 4. The molecule has 0 unspecified atom stereocenters. The quantitative estimate of drug-likeness (QED) is 0.746. The van der Waals surface area contributed by atoms with E-state index in [0.717, 1.165) is 11.1 Å². The van der Waals surface area contributed by atoms with Crippen LogP contribution in [0.4, 0.5) is 5.69 Å². The first-order chi connectivity index (χ1) is 11.5. The molecule has 1 N–H and O–H groups in total. The highest BCUT2D eigenvalue weighted by atomic mass is 16.5. The van der Waals surface area contributed by atoms with E-state index in [9.17, 15) is 9.59 Å². The van der Waals surface area contributed by atoms with Gasteiger partial charge in [0.15, 0.2) is 11.6 Å². The molecule has 0 amide bonds. The molecular formula is C18H18N2O4. The third-order valence-electron chi connectivity index (χ3n) is 4.04. The van der Waals surface area contributed by atoms with E-state index in [-0.39, 0.29) is 5.97 Å². The van der Waals surface area contributed by atoms with Crippen molar-refractivity contribution in [2.45, 2.75) is 13.0 Å². The molecule has 0 saturated carbocycles. The number of carbonyl (C=O) groups is 1. The van der Waals surface area contributed by atoms with Crippen LogP contribution in [0.2, 0.25) is 0 Å². The number of esters is 1. The van der Waals surface area contributed by atoms with Crippen molar-refractivity contribution in [3.8, 4) is 0 Å². The summed E-state index contributed by atoms with van der Waals surface area (Å²) in [5.74, 6) is -0.815. The highest BCUT2D eigenvalue weighted by Crippen LogP contribution is 2.26. The van der Waals surface area contributed by atoms with E-state index in [1.165, 1.54) is 11.7 Å². The van der Waals surface area contributed by atoms with Gasteiger partial charge in [-0.05, 0) is 30.2 Å². The predicted molar refractivity (Wildman–Crippen MR) is 91.0 cm³/mol. The number of hydrogen-bond acceptors (Lipinski definition) is 5. The predicted octanol–water partition coefficient (Wildman–Crippen LogP) is 2.77. The zero-order valence-electron chi connectivity index (χ0n) is 13.7. The Morgan fingerprint density at radius 1 is 1.25 bits per heavy atom. The van der Waals surface area contributed by atoms with E-state index in [2.05, 4.69) is 5.32 Å². The van der Waals surface area contributed by atoms with E-state index in [0.29, 0.717) is 16.8 Å². The SMILES string of the molecule is COC(=O)[C@@H](Nc1ccc2c(c1)oc(=O)n2C)c1ccccc1C. The number of anilines is 1. The van der Waals surface area contributed by atoms with Gasteiger partial charge in [0.05, 0.1) is 12.6 Å². The Morgan fingerprint density at radius 2 is 2.00 bits per heavy atom. The maximum Gasteiger partial charge on any atom is 0.419 e. The standard InChI is InChI=1S/C18H18N2O4/c1-11-6-4-5-7-13(11)16(17(21)23-3)19-12-8-9-14-15(10-12)24-18(22)20(14)2/h4-10,16,19H,1-3H3/t16-/m0/s1. The lowest BCUT2D eigenvalue weighted by atomic mass is 10.0. The molecule has 1 heterocycles. The van der Waals surface area contributed by atoms with Crippen molar-refractivity contribution >= 4 is 22.8 Å². The third-order valence-corrected chi connectivity index (χ3v) is 4.04. The second-order valence-electron chi connectivity index (χ2n) is 5.57. The Labute approximate surface area is 138 Å². The number of ether oxygens (including phenoxy) is 1. The van der Waals surface area contributed by atoms with Gasteiger partial charge in [-0.15, -0.1) is 0 Å². The van der Waals surface area contributed by atoms with Crippen LogP contribution in [-0.4, -0.2) is 17.6 Å². The maximum absolute atomic E-state index is 12.2. The van der Waals surface area contributed by atoms with Gasteiger partial charge >= 0.3 is 11.7 Å². The van der Waals surface area contributed by atoms with E-state index in [4.69, 9.17) is 9.15 Å². The molecule has 0 aliphatic carbocycles. The fourth-order valence-corrected chi connectivity index (χ4v) is 2.68. The van der Waals surface area contributed by atoms with Crippen molar-refractivity contribution < 1.29 is 13.9 Å². The number of methoxy groups -OCH3 is 1. The number of benzene rings is 2. The second kappa shape index (κ2) is 6.23. The van der Waals surface area contributed by atoms with E-state index < -0.39 is 11.8 Å². The van der Waals surface area contributed by atoms with Crippen LogP contribution in [0.5, 0.6) is 0 Å². The Hall–Kier alpha value is -3.02. The summed E-state index contributed by atoms with van der Waals surface area (Å²) in [7, 11) is 3.00. The highest BCUT2D eigenvalue weighted by Gasteiger charge is 2.23. The van der Waals surface area contributed by atoms with E-state index >= 15 is 0 Å². The normalized spacial score (nSPS) is 12.1. The summed E-state index contributed by atoms with van der Waals surface area (Å²) in [5.41, 5.74) is 3.62. The summed E-state index contributed by atoms with van der Waals surface area (Å²) in [6.45, 7) is 1.94. The molecule has 0 spiro atoms. The van der Waals surface area contributed by atoms with Crippen LogP contribution in [0.25, 0.3) is 11.1 Å². The number of fused-ring (bicyclic) bond motifs is 1. The first kappa shape index (κ1) is 15.9. The topological polar surface area (TPSA) is 73.5 Å². The van der Waals surface area contributed by atoms with Gasteiger partial charge in [0.1, 0.15) is 0 Å². The van der Waals surface area contributed by atoms with Gasteiger partial charge < -0.3 is 14.5 Å². The van der Waals surface area contributed by atoms with Gasteiger partial charge in [0, 0.05) is 18.8 Å². The summed E-state index contributed by atoms with van der Waals surface area (Å²) < 4.78 is 11.5. The molecular weight excluding hydrogens is 308 g/mol. The Bertz CT molecular complexity index is 955. The van der Waals surface area contributed by atoms with Crippen LogP contribution in [0.15, 0.2) is 51.7 Å². The summed E-state index contributed by atoms with van der Waals surface area (Å²) in [4.78, 5) is 23.8. The van der Waals surface area contributed by atoms with Crippen molar-refractivity contribution in [1.29, 1.82) is 0 Å². The monoisotopic (exact) mass is 326 g/mol. The molecule has 1 aromatic heterocycles. The number of aryl methyl sites for hydroxylation is 2. The highest BCUT2D eigenvalue weighted by molar-refractivity contribution is 5.83. The molecule has 24 heavy (non-hydrogen) atoms. The van der Waals surface area contributed by atoms with E-state index in [1.54, 1.807) is 25.2 Å². The lowest BCUT2D eigenvalue weighted by Crippen LogP contribution is -2.23. The Kier molecular flexibility index (Phi) is 4.12. The average Bonchev–Trinajstić information content (AvgIpc) is 2.86. The maximum atomic E-state index is 12.2. The van der Waals surface area contributed by atoms with Gasteiger partial charge in [-0.25, -0.2) is 9.59 Å². The molecule has 6 heteroatoms. The van der Waals surface area contributed by atoms with Crippen LogP contribution in [-0.2, 0) is 16.6 Å². The average molecular weight is 326 g/mol. The first-order valence-electron chi connectivity index (χ1n) is 7.50. The van der Waals surface area contributed by atoms with Gasteiger partial charge in [0.25, 0.3) is 0 Å². The fourth-order valence-electron chi connectivity index (χ4n) is 2.68. The molecule has 6 nitrogen and oxygen atoms in total.